The number of aromatic nitrogens is 3. The Morgan fingerprint density at radius 2 is 2.04 bits per heavy atom. The van der Waals surface area contributed by atoms with E-state index in [1.54, 1.807) is 19.1 Å². The zero-order valence-corrected chi connectivity index (χ0v) is 14.7. The highest BCUT2D eigenvalue weighted by molar-refractivity contribution is 8.00. The summed E-state index contributed by atoms with van der Waals surface area (Å²) in [7, 11) is 0. The van der Waals surface area contributed by atoms with Gasteiger partial charge in [0.05, 0.1) is 11.3 Å². The molecule has 0 aliphatic rings. The van der Waals surface area contributed by atoms with Gasteiger partial charge in [-0.3, -0.25) is 9.36 Å². The van der Waals surface area contributed by atoms with Crippen molar-refractivity contribution in [2.45, 2.75) is 50.2 Å². The van der Waals surface area contributed by atoms with E-state index in [9.17, 15) is 14.0 Å². The molecule has 0 spiro atoms. The molecular weight excluding hydrogens is 331 g/mol. The van der Waals surface area contributed by atoms with Crippen LogP contribution in [0.5, 0.6) is 0 Å². The zero-order chi connectivity index (χ0) is 17.7. The standard InChI is InChI=1S/C16H21FN4O2S/c1-4-9-21-15(23)19-20-16(21)24-11(3)14(22)18-10(2)12-5-7-13(17)8-6-12/h5-8,10-11H,4,9H2,1-3H3,(H,18,22)(H,19,23). The molecule has 1 amide bonds. The minimum Gasteiger partial charge on any atom is -0.349 e. The summed E-state index contributed by atoms with van der Waals surface area (Å²) in [6.07, 6.45) is 0.801. The van der Waals surface area contributed by atoms with Crippen LogP contribution in [0.3, 0.4) is 0 Å². The number of thioether (sulfide) groups is 1. The average Bonchev–Trinajstić information content (AvgIpc) is 2.89. The van der Waals surface area contributed by atoms with Gasteiger partial charge in [-0.15, -0.1) is 5.10 Å². The molecule has 1 heterocycles. The fourth-order valence-electron chi connectivity index (χ4n) is 2.19. The third-order valence-electron chi connectivity index (χ3n) is 3.55. The first kappa shape index (κ1) is 18.3. The summed E-state index contributed by atoms with van der Waals surface area (Å²) in [5, 5.41) is 9.35. The van der Waals surface area contributed by atoms with Crippen LogP contribution in [0.4, 0.5) is 4.39 Å². The predicted molar refractivity (Wildman–Crippen MR) is 91.4 cm³/mol. The lowest BCUT2D eigenvalue weighted by Gasteiger charge is -2.17. The molecule has 0 bridgehead atoms. The summed E-state index contributed by atoms with van der Waals surface area (Å²) < 4.78 is 14.5. The first-order valence-electron chi connectivity index (χ1n) is 7.80. The summed E-state index contributed by atoms with van der Waals surface area (Å²) in [4.78, 5) is 24.0. The van der Waals surface area contributed by atoms with Gasteiger partial charge in [0, 0.05) is 6.54 Å². The van der Waals surface area contributed by atoms with Crippen LogP contribution in [-0.4, -0.2) is 25.9 Å². The van der Waals surface area contributed by atoms with Gasteiger partial charge in [0.1, 0.15) is 5.82 Å². The summed E-state index contributed by atoms with van der Waals surface area (Å²) in [6, 6.07) is 5.78. The number of halogens is 1. The molecule has 0 saturated carbocycles. The van der Waals surface area contributed by atoms with Gasteiger partial charge in [0.25, 0.3) is 0 Å². The molecule has 6 nitrogen and oxygen atoms in total. The van der Waals surface area contributed by atoms with Gasteiger partial charge < -0.3 is 5.32 Å². The largest absolute Gasteiger partial charge is 0.349 e. The van der Waals surface area contributed by atoms with E-state index in [0.717, 1.165) is 12.0 Å². The molecule has 0 saturated heterocycles. The van der Waals surface area contributed by atoms with Gasteiger partial charge in [-0.25, -0.2) is 14.3 Å². The minimum atomic E-state index is -0.418. The van der Waals surface area contributed by atoms with Crippen molar-refractivity contribution in [3.63, 3.8) is 0 Å². The van der Waals surface area contributed by atoms with Crippen molar-refractivity contribution in [1.29, 1.82) is 0 Å². The fourth-order valence-corrected chi connectivity index (χ4v) is 3.08. The van der Waals surface area contributed by atoms with E-state index in [4.69, 9.17) is 0 Å². The quantitative estimate of drug-likeness (QED) is 0.750. The highest BCUT2D eigenvalue weighted by Gasteiger charge is 2.20. The van der Waals surface area contributed by atoms with Crippen molar-refractivity contribution in [3.05, 3.63) is 46.1 Å². The molecule has 0 aliphatic carbocycles. The van der Waals surface area contributed by atoms with Crippen LogP contribution >= 0.6 is 11.8 Å². The summed E-state index contributed by atoms with van der Waals surface area (Å²) >= 11 is 1.23. The van der Waals surface area contributed by atoms with Crippen molar-refractivity contribution in [3.8, 4) is 0 Å². The molecular formula is C16H21FN4O2S. The second-order valence-electron chi connectivity index (χ2n) is 5.50. The lowest BCUT2D eigenvalue weighted by molar-refractivity contribution is -0.120. The number of H-pyrrole nitrogens is 1. The van der Waals surface area contributed by atoms with Crippen molar-refractivity contribution in [2.24, 2.45) is 0 Å². The molecule has 0 aliphatic heterocycles. The first-order chi connectivity index (χ1) is 11.4. The van der Waals surface area contributed by atoms with E-state index in [1.807, 2.05) is 13.8 Å². The molecule has 1 aromatic carbocycles. The highest BCUT2D eigenvalue weighted by Crippen LogP contribution is 2.21. The van der Waals surface area contributed by atoms with Crippen LogP contribution < -0.4 is 11.0 Å². The first-order valence-corrected chi connectivity index (χ1v) is 8.68. The molecule has 2 atom stereocenters. The number of carbonyl (C=O) groups excluding carboxylic acids is 1. The number of aromatic amines is 1. The van der Waals surface area contributed by atoms with Gasteiger partial charge in [-0.2, -0.15) is 0 Å². The van der Waals surface area contributed by atoms with Crippen molar-refractivity contribution >= 4 is 17.7 Å². The normalized spacial score (nSPS) is 13.5. The second kappa shape index (κ2) is 8.14. The maximum Gasteiger partial charge on any atom is 0.343 e. The Morgan fingerprint density at radius 3 is 2.67 bits per heavy atom. The van der Waals surface area contributed by atoms with Gasteiger partial charge in [0.15, 0.2) is 5.16 Å². The predicted octanol–water partition coefficient (Wildman–Crippen LogP) is 2.48. The van der Waals surface area contributed by atoms with Gasteiger partial charge in [-0.05, 0) is 38.0 Å². The fraction of sp³-hybridized carbons (Fsp3) is 0.438. The number of hydrogen-bond donors (Lipinski definition) is 2. The monoisotopic (exact) mass is 352 g/mol. The molecule has 2 unspecified atom stereocenters. The van der Waals surface area contributed by atoms with E-state index >= 15 is 0 Å². The average molecular weight is 352 g/mol. The van der Waals surface area contributed by atoms with E-state index < -0.39 is 5.25 Å². The van der Waals surface area contributed by atoms with E-state index in [0.29, 0.717) is 11.7 Å². The van der Waals surface area contributed by atoms with E-state index in [-0.39, 0.29) is 23.5 Å². The molecule has 1 aromatic heterocycles. The number of hydrogen-bond acceptors (Lipinski definition) is 4. The lowest BCUT2D eigenvalue weighted by Crippen LogP contribution is -2.33. The summed E-state index contributed by atoms with van der Waals surface area (Å²) in [5.41, 5.74) is 0.552. The zero-order valence-electron chi connectivity index (χ0n) is 13.9. The number of nitrogens with one attached hydrogen (secondary N) is 2. The molecule has 0 radical (unpaired) electrons. The van der Waals surface area contributed by atoms with Crippen LogP contribution in [0.1, 0.15) is 38.8 Å². The lowest BCUT2D eigenvalue weighted by atomic mass is 10.1. The Labute approximate surface area is 143 Å². The van der Waals surface area contributed by atoms with Crippen LogP contribution in [0.25, 0.3) is 0 Å². The van der Waals surface area contributed by atoms with E-state index in [2.05, 4.69) is 15.5 Å². The number of benzene rings is 1. The Balaban J connectivity index is 1.99. The van der Waals surface area contributed by atoms with Crippen LogP contribution in [0, 0.1) is 5.82 Å². The molecule has 2 N–H and O–H groups in total. The number of rotatable bonds is 7. The Kier molecular flexibility index (Phi) is 6.19. The third-order valence-corrected chi connectivity index (χ3v) is 4.64. The van der Waals surface area contributed by atoms with Gasteiger partial charge >= 0.3 is 5.69 Å². The SMILES string of the molecule is CCCn1c(SC(C)C(=O)NC(C)c2ccc(F)cc2)n[nH]c1=O. The van der Waals surface area contributed by atoms with Crippen molar-refractivity contribution in [2.75, 3.05) is 0 Å². The Bertz CT molecular complexity index is 741. The number of nitrogens with zero attached hydrogens (tertiary/aromatic N) is 2. The Morgan fingerprint density at radius 1 is 1.38 bits per heavy atom. The minimum absolute atomic E-state index is 0.171. The van der Waals surface area contributed by atoms with Crippen molar-refractivity contribution in [1.82, 2.24) is 20.1 Å². The molecule has 8 heteroatoms. The van der Waals surface area contributed by atoms with Crippen LogP contribution in [0.2, 0.25) is 0 Å². The van der Waals surface area contributed by atoms with Gasteiger partial charge in [0.2, 0.25) is 5.91 Å². The van der Waals surface area contributed by atoms with Crippen molar-refractivity contribution < 1.29 is 9.18 Å². The number of carbonyl (C=O) groups is 1. The van der Waals surface area contributed by atoms with E-state index in [1.165, 1.54) is 28.5 Å². The molecule has 130 valence electrons. The third kappa shape index (κ3) is 4.47. The molecule has 2 rings (SSSR count). The smallest absolute Gasteiger partial charge is 0.343 e. The Hall–Kier alpha value is -2.09. The maximum absolute atomic E-state index is 13.0. The second-order valence-corrected chi connectivity index (χ2v) is 6.81. The molecule has 24 heavy (non-hydrogen) atoms. The highest BCUT2D eigenvalue weighted by atomic mass is 32.2. The number of amides is 1. The topological polar surface area (TPSA) is 79.8 Å². The summed E-state index contributed by atoms with van der Waals surface area (Å²) in [5.74, 6) is -0.482. The van der Waals surface area contributed by atoms with Gasteiger partial charge in [-0.1, -0.05) is 30.8 Å². The van der Waals surface area contributed by atoms with Crippen LogP contribution in [-0.2, 0) is 11.3 Å². The summed E-state index contributed by atoms with van der Waals surface area (Å²) in [6.45, 7) is 6.11. The van der Waals surface area contributed by atoms with Crippen LogP contribution in [0.15, 0.2) is 34.2 Å². The maximum atomic E-state index is 13.0. The molecule has 0 fully saturated rings. The molecule has 2 aromatic rings.